The van der Waals surface area contributed by atoms with Crippen molar-refractivity contribution in [3.8, 4) is 5.75 Å². The van der Waals surface area contributed by atoms with Gasteiger partial charge in [-0.05, 0) is 30.0 Å². The topological polar surface area (TPSA) is 139 Å². The van der Waals surface area contributed by atoms with Crippen LogP contribution in [0.15, 0.2) is 58.3 Å². The number of nitrogens with one attached hydrogen (secondary N) is 2. The Balaban J connectivity index is 2.00. The molecule has 0 unspecified atom stereocenters. The first-order valence-corrected chi connectivity index (χ1v) is 9.57. The molecule has 1 saturated heterocycles. The van der Waals surface area contributed by atoms with Gasteiger partial charge >= 0.3 is 10.1 Å². The second kappa shape index (κ2) is 7.21. The molecule has 0 bridgehead atoms. The molecule has 1 amide bonds. The first kappa shape index (κ1) is 18.6. The zero-order valence-electron chi connectivity index (χ0n) is 13.4. The summed E-state index contributed by atoms with van der Waals surface area (Å²) in [6.07, 6.45) is 1.38. The summed E-state index contributed by atoms with van der Waals surface area (Å²) in [5.74, 6) is -0.587. The van der Waals surface area contributed by atoms with Crippen LogP contribution in [-0.4, -0.2) is 24.4 Å². The summed E-state index contributed by atoms with van der Waals surface area (Å²) in [7, 11) is -4.49. The molecule has 0 aromatic heterocycles. The predicted octanol–water partition coefficient (Wildman–Crippen LogP) is 2.50. The fourth-order valence-corrected chi connectivity index (χ4v) is 4.06. The lowest BCUT2D eigenvalue weighted by Gasteiger charge is -2.10. The second-order valence-electron chi connectivity index (χ2n) is 5.19. The summed E-state index contributed by atoms with van der Waals surface area (Å²) in [5.41, 5.74) is -0.334. The van der Waals surface area contributed by atoms with Gasteiger partial charge in [0.25, 0.3) is 11.6 Å². The summed E-state index contributed by atoms with van der Waals surface area (Å²) >= 11 is 0.887. The molecule has 1 fully saturated rings. The van der Waals surface area contributed by atoms with E-state index in [-0.39, 0.29) is 21.4 Å². The highest BCUT2D eigenvalue weighted by Crippen LogP contribution is 2.31. The molecule has 2 N–H and O–H groups in total. The lowest BCUT2D eigenvalue weighted by molar-refractivity contribution is -0.387. The van der Waals surface area contributed by atoms with Gasteiger partial charge in [-0.3, -0.25) is 20.3 Å². The van der Waals surface area contributed by atoms with Crippen molar-refractivity contribution >= 4 is 44.7 Å². The molecule has 27 heavy (non-hydrogen) atoms. The third-order valence-corrected chi connectivity index (χ3v) is 5.51. The molecule has 11 heteroatoms. The highest BCUT2D eigenvalue weighted by molar-refractivity contribution is 8.18. The van der Waals surface area contributed by atoms with E-state index in [0.29, 0.717) is 0 Å². The molecule has 9 nitrogen and oxygen atoms in total. The summed E-state index contributed by atoms with van der Waals surface area (Å²) in [5, 5.41) is 20.8. The molecular weight excluding hydrogens is 394 g/mol. The molecule has 1 heterocycles. The minimum absolute atomic E-state index is 0.0443. The van der Waals surface area contributed by atoms with Gasteiger partial charge in [0.1, 0.15) is 5.75 Å². The van der Waals surface area contributed by atoms with Gasteiger partial charge in [0.2, 0.25) is 0 Å². The number of thioether (sulfide) groups is 1. The van der Waals surface area contributed by atoms with Crippen LogP contribution in [0.4, 0.5) is 5.69 Å². The van der Waals surface area contributed by atoms with Gasteiger partial charge in [0, 0.05) is 11.6 Å². The van der Waals surface area contributed by atoms with Crippen LogP contribution >= 0.6 is 11.8 Å². The Morgan fingerprint density at radius 1 is 1.15 bits per heavy atom. The van der Waals surface area contributed by atoms with Gasteiger partial charge in [0.05, 0.1) is 9.83 Å². The lowest BCUT2D eigenvalue weighted by Crippen LogP contribution is -2.18. The van der Waals surface area contributed by atoms with Gasteiger partial charge < -0.3 is 9.50 Å². The zero-order chi connectivity index (χ0) is 19.6. The van der Waals surface area contributed by atoms with E-state index >= 15 is 0 Å². The predicted molar refractivity (Wildman–Crippen MR) is 98.8 cm³/mol. The van der Waals surface area contributed by atoms with E-state index < -0.39 is 31.5 Å². The molecule has 0 spiro atoms. The molecule has 0 atom stereocenters. The standard InChI is InChI=1S/C16H11N3O6S2/c17-16-18-15(20)13(26-16)9-10-5-1-3-7-12(10)25-27(23,24)14-8-4-2-6-11(14)19(21)22/h1-9H,(H2,17,18,20). The fraction of sp³-hybridized carbons (Fsp3) is 0. The van der Waals surface area contributed by atoms with E-state index in [1.54, 1.807) is 6.07 Å². The molecule has 0 radical (unpaired) electrons. The molecular formula is C16H11N3O6S2. The molecule has 0 saturated carbocycles. The number of benzene rings is 2. The van der Waals surface area contributed by atoms with Crippen LogP contribution in [0.25, 0.3) is 6.08 Å². The monoisotopic (exact) mass is 405 g/mol. The number of hydrogen-bond acceptors (Lipinski definition) is 8. The van der Waals surface area contributed by atoms with E-state index in [4.69, 9.17) is 9.59 Å². The number of nitrogens with zero attached hydrogens (tertiary/aromatic N) is 1. The lowest BCUT2D eigenvalue weighted by atomic mass is 10.2. The van der Waals surface area contributed by atoms with Crippen LogP contribution in [-0.2, 0) is 14.9 Å². The molecule has 1 aliphatic heterocycles. The molecule has 3 rings (SSSR count). The number of amides is 1. The minimum Gasteiger partial charge on any atom is -0.378 e. The van der Waals surface area contributed by atoms with Gasteiger partial charge in [-0.25, -0.2) is 0 Å². The number of rotatable bonds is 5. The van der Waals surface area contributed by atoms with Crippen molar-refractivity contribution in [2.45, 2.75) is 4.90 Å². The van der Waals surface area contributed by atoms with Crippen LogP contribution < -0.4 is 9.50 Å². The number of carbonyl (C=O) groups is 1. The average molecular weight is 405 g/mol. The number of nitro benzene ring substituents is 1. The van der Waals surface area contributed by atoms with Crippen molar-refractivity contribution in [1.29, 1.82) is 5.41 Å². The third kappa shape index (κ3) is 3.99. The fourth-order valence-electron chi connectivity index (χ4n) is 2.24. The summed E-state index contributed by atoms with van der Waals surface area (Å²) in [4.78, 5) is 21.7. The van der Waals surface area contributed by atoms with E-state index in [2.05, 4.69) is 5.32 Å². The maximum absolute atomic E-state index is 12.6. The van der Waals surface area contributed by atoms with E-state index in [9.17, 15) is 23.3 Å². The highest BCUT2D eigenvalue weighted by atomic mass is 32.2. The van der Waals surface area contributed by atoms with E-state index in [1.165, 1.54) is 36.4 Å². The largest absolute Gasteiger partial charge is 0.378 e. The van der Waals surface area contributed by atoms with E-state index in [1.807, 2.05) is 0 Å². The first-order chi connectivity index (χ1) is 12.8. The van der Waals surface area contributed by atoms with Crippen molar-refractivity contribution < 1.29 is 22.3 Å². The van der Waals surface area contributed by atoms with Gasteiger partial charge in [0.15, 0.2) is 10.1 Å². The van der Waals surface area contributed by atoms with Gasteiger partial charge in [-0.15, -0.1) is 0 Å². The van der Waals surface area contributed by atoms with Crippen LogP contribution in [0.5, 0.6) is 5.75 Å². The van der Waals surface area contributed by atoms with Crippen molar-refractivity contribution in [3.05, 3.63) is 69.1 Å². The Hall–Kier alpha value is -3.18. The Kier molecular flexibility index (Phi) is 4.97. The molecule has 2 aromatic carbocycles. The van der Waals surface area contributed by atoms with Crippen molar-refractivity contribution in [3.63, 3.8) is 0 Å². The number of hydrogen-bond donors (Lipinski definition) is 2. The van der Waals surface area contributed by atoms with Crippen molar-refractivity contribution in [2.24, 2.45) is 0 Å². The zero-order valence-corrected chi connectivity index (χ0v) is 15.0. The van der Waals surface area contributed by atoms with Crippen molar-refractivity contribution in [1.82, 2.24) is 5.32 Å². The van der Waals surface area contributed by atoms with Gasteiger partial charge in [-0.1, -0.05) is 30.3 Å². The smallest absolute Gasteiger partial charge is 0.346 e. The Morgan fingerprint density at radius 3 is 2.48 bits per heavy atom. The molecule has 138 valence electrons. The number of carbonyl (C=O) groups excluding carboxylic acids is 1. The van der Waals surface area contributed by atoms with E-state index in [0.717, 1.165) is 23.9 Å². The van der Waals surface area contributed by atoms with Crippen LogP contribution in [0, 0.1) is 15.5 Å². The number of nitro groups is 1. The minimum atomic E-state index is -4.49. The molecule has 0 aliphatic carbocycles. The quantitative estimate of drug-likeness (QED) is 0.337. The van der Waals surface area contributed by atoms with Crippen molar-refractivity contribution in [2.75, 3.05) is 0 Å². The number of para-hydroxylation sites is 2. The highest BCUT2D eigenvalue weighted by Gasteiger charge is 2.28. The first-order valence-electron chi connectivity index (χ1n) is 7.34. The second-order valence-corrected chi connectivity index (χ2v) is 7.76. The summed E-state index contributed by atoms with van der Waals surface area (Å²) < 4.78 is 30.2. The normalized spacial score (nSPS) is 15.6. The molecule has 1 aliphatic rings. The maximum atomic E-state index is 12.6. The van der Waals surface area contributed by atoms with Crippen LogP contribution in [0.3, 0.4) is 0 Å². The Labute approximate surface area is 157 Å². The van der Waals surface area contributed by atoms with Gasteiger partial charge in [-0.2, -0.15) is 8.42 Å². The van der Waals surface area contributed by atoms with Crippen LogP contribution in [0.2, 0.25) is 0 Å². The average Bonchev–Trinajstić information content (AvgIpc) is 2.93. The molecule has 2 aromatic rings. The SMILES string of the molecule is N=C1NC(=O)C(=Cc2ccccc2OS(=O)(=O)c2ccccc2[N+](=O)[O-])S1. The summed E-state index contributed by atoms with van der Waals surface area (Å²) in [6, 6.07) is 10.9. The third-order valence-electron chi connectivity index (χ3n) is 3.40. The summed E-state index contributed by atoms with van der Waals surface area (Å²) in [6.45, 7) is 0. The maximum Gasteiger partial charge on any atom is 0.346 e. The van der Waals surface area contributed by atoms with Crippen LogP contribution in [0.1, 0.15) is 5.56 Å². The Bertz CT molecular complexity index is 1090. The Morgan fingerprint density at radius 2 is 1.81 bits per heavy atom. The number of amidine groups is 1.